The molecule has 7 nitrogen and oxygen atoms in total. The smallest absolute Gasteiger partial charge is 0.253 e. The Morgan fingerprint density at radius 3 is 2.74 bits per heavy atom. The lowest BCUT2D eigenvalue weighted by atomic mass is 9.96. The van der Waals surface area contributed by atoms with E-state index in [0.717, 1.165) is 64.8 Å². The van der Waals surface area contributed by atoms with Gasteiger partial charge in [-0.15, -0.1) is 0 Å². The van der Waals surface area contributed by atoms with Crippen LogP contribution in [0.5, 0.6) is 0 Å². The van der Waals surface area contributed by atoms with Gasteiger partial charge >= 0.3 is 0 Å². The number of hydrogen-bond acceptors (Lipinski definition) is 5. The number of halogens is 1. The van der Waals surface area contributed by atoms with E-state index < -0.39 is 0 Å². The highest BCUT2D eigenvalue weighted by Crippen LogP contribution is 2.28. The van der Waals surface area contributed by atoms with Crippen molar-refractivity contribution in [3.05, 3.63) is 76.9 Å². The molecular formula is C27H29FN6O. The van der Waals surface area contributed by atoms with Crippen molar-refractivity contribution in [1.82, 2.24) is 25.1 Å². The maximum absolute atomic E-state index is 13.6. The normalized spacial score (nSPS) is 13.1. The number of carbonyl (C=O) groups excluding carboxylic acids is 1. The predicted octanol–water partition coefficient (Wildman–Crippen LogP) is 4.72. The molecule has 0 saturated heterocycles. The number of carbonyl (C=O) groups is 1. The fourth-order valence-electron chi connectivity index (χ4n) is 4.47. The van der Waals surface area contributed by atoms with Gasteiger partial charge in [-0.2, -0.15) is 14.8 Å². The molecule has 0 fully saturated rings. The summed E-state index contributed by atoms with van der Waals surface area (Å²) in [6.45, 7) is 4.66. The second-order valence-electron chi connectivity index (χ2n) is 9.27. The number of nitrogens with one attached hydrogen (secondary N) is 2. The standard InChI is InChI=1S/C27H29FN6O/c1-17(2)26(35)30-15-19-8-6-12-24-22(19)16-31-34(24)27-32-23-11-4-3-10-21(23)25(33-27)29-14-18-7-5-9-20(28)13-18/h5-9,12-13,16-17H,3-4,10-11,14-15H2,1-2H3,(H,30,35)(H,29,32,33). The highest BCUT2D eigenvalue weighted by molar-refractivity contribution is 5.84. The van der Waals surface area contributed by atoms with E-state index >= 15 is 0 Å². The number of anilines is 1. The van der Waals surface area contributed by atoms with Crippen molar-refractivity contribution in [2.75, 3.05) is 5.32 Å². The van der Waals surface area contributed by atoms with Crippen LogP contribution >= 0.6 is 0 Å². The number of aryl methyl sites for hydroxylation is 1. The van der Waals surface area contributed by atoms with Gasteiger partial charge in [-0.1, -0.05) is 38.1 Å². The zero-order chi connectivity index (χ0) is 24.4. The van der Waals surface area contributed by atoms with Gasteiger partial charge < -0.3 is 10.6 Å². The van der Waals surface area contributed by atoms with Gasteiger partial charge in [0.25, 0.3) is 5.95 Å². The minimum atomic E-state index is -0.252. The molecule has 4 aromatic rings. The SMILES string of the molecule is CC(C)C(=O)NCc1cccc2c1cnn2-c1nc2c(c(NCc3cccc(F)c3)n1)CCCC2. The molecule has 8 heteroatoms. The summed E-state index contributed by atoms with van der Waals surface area (Å²) >= 11 is 0. The van der Waals surface area contributed by atoms with Crippen LogP contribution in [0.15, 0.2) is 48.7 Å². The summed E-state index contributed by atoms with van der Waals surface area (Å²) in [7, 11) is 0. The maximum atomic E-state index is 13.6. The van der Waals surface area contributed by atoms with E-state index in [0.29, 0.717) is 19.0 Å². The van der Waals surface area contributed by atoms with E-state index in [1.165, 1.54) is 12.1 Å². The zero-order valence-electron chi connectivity index (χ0n) is 20.0. The molecule has 0 unspecified atom stereocenters. The van der Waals surface area contributed by atoms with Crippen LogP contribution in [0.2, 0.25) is 0 Å². The lowest BCUT2D eigenvalue weighted by molar-refractivity contribution is -0.124. The molecule has 2 N–H and O–H groups in total. The van der Waals surface area contributed by atoms with Crippen LogP contribution in [0.3, 0.4) is 0 Å². The van der Waals surface area contributed by atoms with Crippen LogP contribution in [0.4, 0.5) is 10.2 Å². The molecule has 0 atom stereocenters. The van der Waals surface area contributed by atoms with E-state index in [2.05, 4.69) is 15.7 Å². The van der Waals surface area contributed by atoms with Crippen LogP contribution < -0.4 is 10.6 Å². The van der Waals surface area contributed by atoms with Crippen molar-refractivity contribution in [1.29, 1.82) is 0 Å². The van der Waals surface area contributed by atoms with Crippen LogP contribution in [0.25, 0.3) is 16.9 Å². The van der Waals surface area contributed by atoms with Crippen LogP contribution in [-0.4, -0.2) is 25.7 Å². The van der Waals surface area contributed by atoms with Gasteiger partial charge in [0, 0.05) is 30.0 Å². The van der Waals surface area contributed by atoms with Crippen molar-refractivity contribution in [2.24, 2.45) is 5.92 Å². The molecule has 2 aromatic carbocycles. The summed E-state index contributed by atoms with van der Waals surface area (Å²) in [4.78, 5) is 21.8. The van der Waals surface area contributed by atoms with E-state index in [1.54, 1.807) is 16.9 Å². The molecule has 35 heavy (non-hydrogen) atoms. The topological polar surface area (TPSA) is 84.7 Å². The monoisotopic (exact) mass is 472 g/mol. The first-order valence-corrected chi connectivity index (χ1v) is 12.1. The third kappa shape index (κ3) is 4.87. The summed E-state index contributed by atoms with van der Waals surface area (Å²) in [5.41, 5.74) is 4.89. The molecule has 2 heterocycles. The number of aromatic nitrogens is 4. The van der Waals surface area contributed by atoms with Crippen molar-refractivity contribution in [3.8, 4) is 5.95 Å². The first-order chi connectivity index (χ1) is 17.0. The molecule has 1 aliphatic rings. The third-order valence-corrected chi connectivity index (χ3v) is 6.39. The highest BCUT2D eigenvalue weighted by atomic mass is 19.1. The molecule has 1 amide bonds. The minimum absolute atomic E-state index is 0.0152. The Morgan fingerprint density at radius 1 is 1.09 bits per heavy atom. The van der Waals surface area contributed by atoms with E-state index in [-0.39, 0.29) is 17.6 Å². The van der Waals surface area contributed by atoms with Crippen molar-refractivity contribution < 1.29 is 9.18 Å². The predicted molar refractivity (Wildman–Crippen MR) is 134 cm³/mol. The van der Waals surface area contributed by atoms with Gasteiger partial charge in [-0.05, 0) is 55.0 Å². The molecule has 0 spiro atoms. The fourth-order valence-corrected chi connectivity index (χ4v) is 4.47. The van der Waals surface area contributed by atoms with Gasteiger partial charge in [0.05, 0.1) is 17.4 Å². The zero-order valence-corrected chi connectivity index (χ0v) is 20.0. The van der Waals surface area contributed by atoms with Crippen LogP contribution in [0.1, 0.15) is 49.1 Å². The molecule has 180 valence electrons. The van der Waals surface area contributed by atoms with Crippen molar-refractivity contribution in [2.45, 2.75) is 52.6 Å². The van der Waals surface area contributed by atoms with Crippen LogP contribution in [-0.2, 0) is 30.7 Å². The fraction of sp³-hybridized carbons (Fsp3) is 0.333. The Kier molecular flexibility index (Phi) is 6.44. The second-order valence-corrected chi connectivity index (χ2v) is 9.27. The molecular weight excluding hydrogens is 443 g/mol. The Labute approximate surface area is 203 Å². The summed E-state index contributed by atoms with van der Waals surface area (Å²) in [6, 6.07) is 12.5. The Hall–Kier alpha value is -3.81. The average molecular weight is 473 g/mol. The first kappa shape index (κ1) is 23.0. The average Bonchev–Trinajstić information content (AvgIpc) is 3.30. The molecule has 0 saturated carbocycles. The first-order valence-electron chi connectivity index (χ1n) is 12.1. The van der Waals surface area contributed by atoms with Crippen molar-refractivity contribution in [3.63, 3.8) is 0 Å². The lowest BCUT2D eigenvalue weighted by Gasteiger charge is -2.20. The van der Waals surface area contributed by atoms with Crippen LogP contribution in [0, 0.1) is 11.7 Å². The maximum Gasteiger partial charge on any atom is 0.253 e. The number of amides is 1. The molecule has 0 radical (unpaired) electrons. The number of rotatable bonds is 7. The Morgan fingerprint density at radius 2 is 1.91 bits per heavy atom. The molecule has 5 rings (SSSR count). The lowest BCUT2D eigenvalue weighted by Crippen LogP contribution is -2.27. The number of hydrogen-bond donors (Lipinski definition) is 2. The highest BCUT2D eigenvalue weighted by Gasteiger charge is 2.20. The quantitative estimate of drug-likeness (QED) is 0.407. The minimum Gasteiger partial charge on any atom is -0.366 e. The van der Waals surface area contributed by atoms with Gasteiger partial charge in [0.1, 0.15) is 11.6 Å². The summed E-state index contributed by atoms with van der Waals surface area (Å²) in [6.07, 6.45) is 5.80. The largest absolute Gasteiger partial charge is 0.366 e. The molecule has 1 aliphatic carbocycles. The van der Waals surface area contributed by atoms with Gasteiger partial charge in [0.15, 0.2) is 0 Å². The Balaban J connectivity index is 1.48. The Bertz CT molecular complexity index is 1380. The number of nitrogens with zero attached hydrogens (tertiary/aromatic N) is 4. The molecule has 2 aromatic heterocycles. The van der Waals surface area contributed by atoms with Gasteiger partial charge in [-0.3, -0.25) is 4.79 Å². The number of benzene rings is 2. The number of fused-ring (bicyclic) bond motifs is 2. The summed E-state index contributed by atoms with van der Waals surface area (Å²) in [5.74, 6) is 0.974. The van der Waals surface area contributed by atoms with E-state index in [9.17, 15) is 9.18 Å². The summed E-state index contributed by atoms with van der Waals surface area (Å²) < 4.78 is 15.4. The van der Waals surface area contributed by atoms with E-state index in [4.69, 9.17) is 9.97 Å². The third-order valence-electron chi connectivity index (χ3n) is 6.39. The van der Waals surface area contributed by atoms with Gasteiger partial charge in [-0.25, -0.2) is 9.37 Å². The molecule has 0 aliphatic heterocycles. The molecule has 0 bridgehead atoms. The summed E-state index contributed by atoms with van der Waals surface area (Å²) in [5, 5.41) is 12.0. The van der Waals surface area contributed by atoms with E-state index in [1.807, 2.05) is 38.1 Å². The second kappa shape index (κ2) is 9.82. The van der Waals surface area contributed by atoms with Gasteiger partial charge in [0.2, 0.25) is 5.91 Å². The van der Waals surface area contributed by atoms with Crippen molar-refractivity contribution >= 4 is 22.6 Å².